The van der Waals surface area contributed by atoms with Gasteiger partial charge in [-0.1, -0.05) is 12.2 Å². The average molecular weight is 216 g/mol. The Hall–Kier alpha value is 0.0500. The summed E-state index contributed by atoms with van der Waals surface area (Å²) in [6, 6.07) is 0. The maximum Gasteiger partial charge on any atom is 0.332 e. The second-order valence-electron chi connectivity index (χ2n) is 3.92. The molecule has 4 heteroatoms. The standard InChI is InChI=1S/C10H17O3P/c1-11-14(12-2)13-7-10-6-8-3-4-9(10)5-8/h3-4,8-10H,5-7H2,1-2H3. The molecule has 3 unspecified atom stereocenters. The molecule has 1 fully saturated rings. The molecule has 0 radical (unpaired) electrons. The summed E-state index contributed by atoms with van der Waals surface area (Å²) in [5.74, 6) is 2.23. The van der Waals surface area contributed by atoms with Crippen molar-refractivity contribution >= 4 is 8.60 Å². The van der Waals surface area contributed by atoms with Gasteiger partial charge in [0, 0.05) is 14.2 Å². The van der Waals surface area contributed by atoms with Crippen LogP contribution < -0.4 is 0 Å². The Bertz CT molecular complexity index is 215. The zero-order valence-corrected chi connectivity index (χ0v) is 9.57. The molecule has 0 aliphatic heterocycles. The number of hydrogen-bond acceptors (Lipinski definition) is 3. The van der Waals surface area contributed by atoms with E-state index < -0.39 is 8.60 Å². The first-order chi connectivity index (χ1) is 6.83. The molecular weight excluding hydrogens is 199 g/mol. The number of hydrogen-bond donors (Lipinski definition) is 0. The Balaban J connectivity index is 1.74. The van der Waals surface area contributed by atoms with Gasteiger partial charge in [0.2, 0.25) is 0 Å². The van der Waals surface area contributed by atoms with E-state index in [1.54, 1.807) is 14.2 Å². The fraction of sp³-hybridized carbons (Fsp3) is 0.800. The zero-order chi connectivity index (χ0) is 9.97. The van der Waals surface area contributed by atoms with Gasteiger partial charge in [-0.25, -0.2) is 0 Å². The summed E-state index contributed by atoms with van der Waals surface area (Å²) < 4.78 is 15.6. The van der Waals surface area contributed by atoms with Gasteiger partial charge in [-0.3, -0.25) is 0 Å². The molecule has 2 aliphatic carbocycles. The highest BCUT2D eigenvalue weighted by Gasteiger charge is 2.36. The molecule has 0 heterocycles. The molecule has 0 N–H and O–H groups in total. The van der Waals surface area contributed by atoms with E-state index in [0.29, 0.717) is 5.92 Å². The second-order valence-corrected chi connectivity index (χ2v) is 5.36. The Kier molecular flexibility index (Phi) is 3.56. The molecule has 0 amide bonds. The summed E-state index contributed by atoms with van der Waals surface area (Å²) in [5.41, 5.74) is 0. The first-order valence-corrected chi connectivity index (χ1v) is 6.12. The molecule has 0 saturated heterocycles. The Labute approximate surface area is 86.4 Å². The van der Waals surface area contributed by atoms with E-state index in [-0.39, 0.29) is 0 Å². The monoisotopic (exact) mass is 216 g/mol. The van der Waals surface area contributed by atoms with E-state index in [0.717, 1.165) is 18.4 Å². The van der Waals surface area contributed by atoms with Gasteiger partial charge < -0.3 is 13.6 Å². The van der Waals surface area contributed by atoms with Crippen LogP contribution in [0.15, 0.2) is 12.2 Å². The van der Waals surface area contributed by atoms with E-state index in [1.807, 2.05) is 0 Å². The van der Waals surface area contributed by atoms with E-state index >= 15 is 0 Å². The minimum Gasteiger partial charge on any atom is -0.316 e. The first-order valence-electron chi connectivity index (χ1n) is 5.03. The lowest BCUT2D eigenvalue weighted by Gasteiger charge is -2.19. The molecule has 1 saturated carbocycles. The van der Waals surface area contributed by atoms with Gasteiger partial charge in [0.15, 0.2) is 0 Å². The van der Waals surface area contributed by atoms with E-state index in [9.17, 15) is 0 Å². The van der Waals surface area contributed by atoms with Crippen LogP contribution in [0.4, 0.5) is 0 Å². The average Bonchev–Trinajstić information content (AvgIpc) is 2.80. The molecule has 2 bridgehead atoms. The highest BCUT2D eigenvalue weighted by Crippen LogP contribution is 2.46. The van der Waals surface area contributed by atoms with Crippen molar-refractivity contribution in [2.75, 3.05) is 20.8 Å². The van der Waals surface area contributed by atoms with Gasteiger partial charge in [-0.15, -0.1) is 0 Å². The summed E-state index contributed by atoms with van der Waals surface area (Å²) >= 11 is 0. The van der Waals surface area contributed by atoms with Crippen LogP contribution in [0, 0.1) is 17.8 Å². The number of rotatable bonds is 5. The fourth-order valence-electron chi connectivity index (χ4n) is 2.42. The third kappa shape index (κ3) is 2.17. The van der Waals surface area contributed by atoms with Crippen molar-refractivity contribution in [1.29, 1.82) is 0 Å². The van der Waals surface area contributed by atoms with Gasteiger partial charge >= 0.3 is 8.60 Å². The molecule has 14 heavy (non-hydrogen) atoms. The molecule has 2 aliphatic rings. The van der Waals surface area contributed by atoms with Crippen LogP contribution >= 0.6 is 8.60 Å². The normalized spacial score (nSPS) is 34.6. The van der Waals surface area contributed by atoms with Gasteiger partial charge in [0.1, 0.15) is 0 Å². The van der Waals surface area contributed by atoms with E-state index in [1.165, 1.54) is 12.8 Å². The minimum absolute atomic E-state index is 0.681. The lowest BCUT2D eigenvalue weighted by Crippen LogP contribution is -2.13. The van der Waals surface area contributed by atoms with Crippen molar-refractivity contribution in [2.24, 2.45) is 17.8 Å². The van der Waals surface area contributed by atoms with Crippen molar-refractivity contribution in [1.82, 2.24) is 0 Å². The van der Waals surface area contributed by atoms with Gasteiger partial charge in [-0.2, -0.15) is 0 Å². The molecule has 0 aromatic rings. The Morgan fingerprint density at radius 2 is 2.00 bits per heavy atom. The van der Waals surface area contributed by atoms with Crippen molar-refractivity contribution in [2.45, 2.75) is 12.8 Å². The highest BCUT2D eigenvalue weighted by atomic mass is 31.2. The third-order valence-corrected chi connectivity index (χ3v) is 4.06. The number of fused-ring (bicyclic) bond motifs is 2. The summed E-state index contributed by atoms with van der Waals surface area (Å²) in [6.07, 6.45) is 7.28. The summed E-state index contributed by atoms with van der Waals surface area (Å²) in [4.78, 5) is 0. The Morgan fingerprint density at radius 1 is 1.21 bits per heavy atom. The predicted octanol–water partition coefficient (Wildman–Crippen LogP) is 2.73. The molecule has 2 rings (SSSR count). The smallest absolute Gasteiger partial charge is 0.316 e. The SMILES string of the molecule is COP(OC)OCC1CC2C=CC1C2. The largest absolute Gasteiger partial charge is 0.332 e. The minimum atomic E-state index is -1.11. The summed E-state index contributed by atoms with van der Waals surface area (Å²) in [5, 5.41) is 0. The van der Waals surface area contributed by atoms with Crippen LogP contribution in [0.5, 0.6) is 0 Å². The lowest BCUT2D eigenvalue weighted by molar-refractivity contribution is 0.168. The van der Waals surface area contributed by atoms with Crippen molar-refractivity contribution < 1.29 is 13.6 Å². The molecule has 80 valence electrons. The van der Waals surface area contributed by atoms with Crippen LogP contribution in [0.2, 0.25) is 0 Å². The highest BCUT2D eigenvalue weighted by molar-refractivity contribution is 7.41. The van der Waals surface area contributed by atoms with Gasteiger partial charge in [-0.05, 0) is 30.6 Å². The van der Waals surface area contributed by atoms with Crippen molar-refractivity contribution in [3.05, 3.63) is 12.2 Å². The fourth-order valence-corrected chi connectivity index (χ4v) is 3.10. The van der Waals surface area contributed by atoms with Crippen LogP contribution in [0.3, 0.4) is 0 Å². The predicted molar refractivity (Wildman–Crippen MR) is 55.7 cm³/mol. The van der Waals surface area contributed by atoms with Crippen molar-refractivity contribution in [3.8, 4) is 0 Å². The van der Waals surface area contributed by atoms with E-state index in [4.69, 9.17) is 13.6 Å². The van der Waals surface area contributed by atoms with Crippen molar-refractivity contribution in [3.63, 3.8) is 0 Å². The molecule has 3 nitrogen and oxygen atoms in total. The van der Waals surface area contributed by atoms with Crippen LogP contribution in [-0.4, -0.2) is 20.8 Å². The topological polar surface area (TPSA) is 27.7 Å². The molecule has 0 aromatic carbocycles. The third-order valence-electron chi connectivity index (χ3n) is 3.11. The molecule has 0 aromatic heterocycles. The number of allylic oxidation sites excluding steroid dienone is 2. The lowest BCUT2D eigenvalue weighted by atomic mass is 9.95. The maximum atomic E-state index is 5.56. The first kappa shape index (κ1) is 10.6. The second kappa shape index (κ2) is 4.71. The van der Waals surface area contributed by atoms with Gasteiger partial charge in [0.05, 0.1) is 6.61 Å². The maximum absolute atomic E-state index is 5.56. The van der Waals surface area contributed by atoms with Crippen LogP contribution in [-0.2, 0) is 13.6 Å². The molecule has 3 atom stereocenters. The van der Waals surface area contributed by atoms with Crippen LogP contribution in [0.25, 0.3) is 0 Å². The summed E-state index contributed by atoms with van der Waals surface area (Å²) in [6.45, 7) is 0.777. The Morgan fingerprint density at radius 3 is 2.50 bits per heavy atom. The zero-order valence-electron chi connectivity index (χ0n) is 8.68. The van der Waals surface area contributed by atoms with E-state index in [2.05, 4.69) is 12.2 Å². The van der Waals surface area contributed by atoms with Crippen LogP contribution in [0.1, 0.15) is 12.8 Å². The molecular formula is C10H17O3P. The molecule has 0 spiro atoms. The summed E-state index contributed by atoms with van der Waals surface area (Å²) in [7, 11) is 2.14. The quantitative estimate of drug-likeness (QED) is 0.522. The van der Waals surface area contributed by atoms with Gasteiger partial charge in [0.25, 0.3) is 0 Å².